The quantitative estimate of drug-likeness (QED) is 0.626. The van der Waals surface area contributed by atoms with Crippen molar-refractivity contribution in [3.8, 4) is 0 Å². The number of hydrogen-bond donors (Lipinski definition) is 0. The molecular formula is C9H19NO2. The van der Waals surface area contributed by atoms with Crippen LogP contribution in [0.1, 0.15) is 13.3 Å². The predicted molar refractivity (Wildman–Crippen MR) is 48.3 cm³/mol. The van der Waals surface area contributed by atoms with Crippen LogP contribution in [0.3, 0.4) is 0 Å². The lowest BCUT2D eigenvalue weighted by atomic mass is 10.2. The summed E-state index contributed by atoms with van der Waals surface area (Å²) in [4.78, 5) is 2.31. The van der Waals surface area contributed by atoms with E-state index in [1.165, 1.54) is 0 Å². The summed E-state index contributed by atoms with van der Waals surface area (Å²) in [5.41, 5.74) is 0. The number of ether oxygens (including phenoxy) is 2. The molecule has 0 N–H and O–H groups in total. The van der Waals surface area contributed by atoms with Gasteiger partial charge in [0.2, 0.25) is 0 Å². The van der Waals surface area contributed by atoms with Crippen LogP contribution < -0.4 is 0 Å². The minimum atomic E-state index is 0.363. The molecule has 12 heavy (non-hydrogen) atoms. The smallest absolute Gasteiger partial charge is 0.0761 e. The van der Waals surface area contributed by atoms with E-state index < -0.39 is 0 Å². The lowest BCUT2D eigenvalue weighted by molar-refractivity contribution is 0.0193. The number of methoxy groups -OCH3 is 1. The summed E-state index contributed by atoms with van der Waals surface area (Å²) in [6.45, 7) is 4.74. The fraction of sp³-hybridized carbons (Fsp3) is 1.00. The van der Waals surface area contributed by atoms with E-state index in [1.807, 2.05) is 6.92 Å². The Labute approximate surface area is 74.6 Å². The molecule has 2 unspecified atom stereocenters. The maximum absolute atomic E-state index is 5.40. The largest absolute Gasteiger partial charge is 0.380 e. The van der Waals surface area contributed by atoms with Crippen LogP contribution in [0.4, 0.5) is 0 Å². The monoisotopic (exact) mass is 173 g/mol. The van der Waals surface area contributed by atoms with Crippen LogP contribution in [-0.4, -0.2) is 51.0 Å². The molecule has 1 aliphatic heterocycles. The van der Waals surface area contributed by atoms with E-state index in [4.69, 9.17) is 9.47 Å². The third-order valence-electron chi connectivity index (χ3n) is 2.56. The Morgan fingerprint density at radius 2 is 2.25 bits per heavy atom. The molecule has 0 radical (unpaired) electrons. The Morgan fingerprint density at radius 3 is 2.83 bits per heavy atom. The van der Waals surface area contributed by atoms with Crippen molar-refractivity contribution >= 4 is 0 Å². The molecule has 1 aliphatic rings. The van der Waals surface area contributed by atoms with Crippen molar-refractivity contribution in [2.24, 2.45) is 0 Å². The van der Waals surface area contributed by atoms with Gasteiger partial charge in [-0.1, -0.05) is 0 Å². The SMILES string of the molecule is CCOCC1C(OC)CCN1C. The molecule has 0 spiro atoms. The Kier molecular flexibility index (Phi) is 3.98. The van der Waals surface area contributed by atoms with Gasteiger partial charge in [-0.05, 0) is 20.4 Å². The van der Waals surface area contributed by atoms with Crippen molar-refractivity contribution in [2.45, 2.75) is 25.5 Å². The van der Waals surface area contributed by atoms with E-state index in [2.05, 4.69) is 11.9 Å². The molecule has 0 bridgehead atoms. The zero-order valence-corrected chi connectivity index (χ0v) is 8.25. The van der Waals surface area contributed by atoms with Crippen molar-refractivity contribution in [1.82, 2.24) is 4.90 Å². The molecule has 72 valence electrons. The second-order valence-electron chi connectivity index (χ2n) is 3.27. The van der Waals surface area contributed by atoms with Crippen molar-refractivity contribution in [1.29, 1.82) is 0 Å². The lowest BCUT2D eigenvalue weighted by Crippen LogP contribution is -2.37. The highest BCUT2D eigenvalue weighted by molar-refractivity contribution is 4.85. The molecule has 0 amide bonds. The van der Waals surface area contributed by atoms with Crippen molar-refractivity contribution in [2.75, 3.05) is 33.9 Å². The summed E-state index contributed by atoms with van der Waals surface area (Å²) in [6.07, 6.45) is 1.49. The summed E-state index contributed by atoms with van der Waals surface area (Å²) in [5, 5.41) is 0. The van der Waals surface area contributed by atoms with E-state index in [0.717, 1.165) is 26.2 Å². The first-order chi connectivity index (χ1) is 5.79. The molecular weight excluding hydrogens is 154 g/mol. The zero-order valence-electron chi connectivity index (χ0n) is 8.25. The fourth-order valence-corrected chi connectivity index (χ4v) is 1.72. The molecule has 0 aromatic carbocycles. The van der Waals surface area contributed by atoms with Crippen LogP contribution in [0, 0.1) is 0 Å². The number of nitrogens with zero attached hydrogens (tertiary/aromatic N) is 1. The van der Waals surface area contributed by atoms with Crippen LogP contribution in [-0.2, 0) is 9.47 Å². The molecule has 1 fully saturated rings. The van der Waals surface area contributed by atoms with Gasteiger partial charge in [0.15, 0.2) is 0 Å². The predicted octanol–water partition coefficient (Wildman–Crippen LogP) is 0.742. The van der Waals surface area contributed by atoms with Gasteiger partial charge in [0.25, 0.3) is 0 Å². The summed E-state index contributed by atoms with van der Waals surface area (Å²) in [6, 6.07) is 0.454. The average molecular weight is 173 g/mol. The summed E-state index contributed by atoms with van der Waals surface area (Å²) >= 11 is 0. The first-order valence-electron chi connectivity index (χ1n) is 4.60. The van der Waals surface area contributed by atoms with Crippen LogP contribution in [0.5, 0.6) is 0 Å². The second kappa shape index (κ2) is 4.80. The number of hydrogen-bond acceptors (Lipinski definition) is 3. The highest BCUT2D eigenvalue weighted by Gasteiger charge is 2.31. The van der Waals surface area contributed by atoms with E-state index in [1.54, 1.807) is 7.11 Å². The van der Waals surface area contributed by atoms with E-state index >= 15 is 0 Å². The van der Waals surface area contributed by atoms with Gasteiger partial charge in [0.05, 0.1) is 18.8 Å². The van der Waals surface area contributed by atoms with Gasteiger partial charge in [-0.2, -0.15) is 0 Å². The lowest BCUT2D eigenvalue weighted by Gasteiger charge is -2.23. The fourth-order valence-electron chi connectivity index (χ4n) is 1.72. The zero-order chi connectivity index (χ0) is 8.97. The van der Waals surface area contributed by atoms with Gasteiger partial charge in [0, 0.05) is 20.3 Å². The van der Waals surface area contributed by atoms with E-state index in [9.17, 15) is 0 Å². The molecule has 0 aromatic rings. The van der Waals surface area contributed by atoms with Crippen LogP contribution in [0.25, 0.3) is 0 Å². The van der Waals surface area contributed by atoms with Crippen molar-refractivity contribution in [3.05, 3.63) is 0 Å². The molecule has 0 saturated carbocycles. The standard InChI is InChI=1S/C9H19NO2/c1-4-12-7-8-9(11-3)5-6-10(8)2/h8-9H,4-7H2,1-3H3. The second-order valence-corrected chi connectivity index (χ2v) is 3.27. The number of likely N-dealkylation sites (tertiary alicyclic amines) is 1. The Morgan fingerprint density at radius 1 is 1.50 bits per heavy atom. The summed E-state index contributed by atoms with van der Waals surface area (Å²) in [7, 11) is 3.91. The molecule has 1 rings (SSSR count). The summed E-state index contributed by atoms with van der Waals surface area (Å²) < 4.78 is 10.8. The molecule has 2 atom stereocenters. The topological polar surface area (TPSA) is 21.7 Å². The van der Waals surface area contributed by atoms with Crippen LogP contribution >= 0.6 is 0 Å². The minimum Gasteiger partial charge on any atom is -0.380 e. The molecule has 3 heteroatoms. The van der Waals surface area contributed by atoms with Gasteiger partial charge in [-0.3, -0.25) is 4.90 Å². The van der Waals surface area contributed by atoms with Gasteiger partial charge in [0.1, 0.15) is 0 Å². The molecule has 0 aliphatic carbocycles. The molecule has 1 heterocycles. The number of likely N-dealkylation sites (N-methyl/N-ethyl adjacent to an activating group) is 1. The summed E-state index contributed by atoms with van der Waals surface area (Å²) in [5.74, 6) is 0. The Balaban J connectivity index is 2.35. The van der Waals surface area contributed by atoms with Crippen LogP contribution in [0.2, 0.25) is 0 Å². The molecule has 1 saturated heterocycles. The maximum Gasteiger partial charge on any atom is 0.0761 e. The average Bonchev–Trinajstić information content (AvgIpc) is 2.43. The highest BCUT2D eigenvalue weighted by atomic mass is 16.5. The third-order valence-corrected chi connectivity index (χ3v) is 2.56. The van der Waals surface area contributed by atoms with Crippen LogP contribution in [0.15, 0.2) is 0 Å². The van der Waals surface area contributed by atoms with Crippen molar-refractivity contribution in [3.63, 3.8) is 0 Å². The van der Waals surface area contributed by atoms with Gasteiger partial charge < -0.3 is 9.47 Å². The highest BCUT2D eigenvalue weighted by Crippen LogP contribution is 2.18. The first kappa shape index (κ1) is 9.96. The van der Waals surface area contributed by atoms with Gasteiger partial charge >= 0.3 is 0 Å². The Hall–Kier alpha value is -0.120. The molecule has 3 nitrogen and oxygen atoms in total. The third kappa shape index (κ3) is 2.19. The van der Waals surface area contributed by atoms with Gasteiger partial charge in [-0.25, -0.2) is 0 Å². The number of rotatable bonds is 4. The van der Waals surface area contributed by atoms with E-state index in [0.29, 0.717) is 12.1 Å². The first-order valence-corrected chi connectivity index (χ1v) is 4.60. The molecule has 0 aromatic heterocycles. The maximum atomic E-state index is 5.40. The minimum absolute atomic E-state index is 0.363. The van der Waals surface area contributed by atoms with E-state index in [-0.39, 0.29) is 0 Å². The Bertz CT molecular complexity index is 130. The van der Waals surface area contributed by atoms with Gasteiger partial charge in [-0.15, -0.1) is 0 Å². The normalized spacial score (nSPS) is 31.2. The van der Waals surface area contributed by atoms with Crippen molar-refractivity contribution < 1.29 is 9.47 Å².